The van der Waals surface area contributed by atoms with E-state index in [1.54, 1.807) is 30.4 Å². The average molecular weight is 285 g/mol. The summed E-state index contributed by atoms with van der Waals surface area (Å²) in [5, 5.41) is 2.36. The molecule has 0 aliphatic carbocycles. The Morgan fingerprint density at radius 2 is 2.00 bits per heavy atom. The van der Waals surface area contributed by atoms with Crippen molar-refractivity contribution in [2.45, 2.75) is 13.1 Å². The highest BCUT2D eigenvalue weighted by atomic mass is 19.4. The quantitative estimate of drug-likeness (QED) is 0.921. The molecule has 1 heterocycles. The molecule has 0 atom stereocenters. The maximum atomic E-state index is 12.0. The number of amides is 1. The molecule has 0 bridgehead atoms. The van der Waals surface area contributed by atoms with E-state index in [9.17, 15) is 22.8 Å². The zero-order valence-corrected chi connectivity index (χ0v) is 10.4. The van der Waals surface area contributed by atoms with Crippen molar-refractivity contribution in [2.75, 3.05) is 6.54 Å². The van der Waals surface area contributed by atoms with E-state index in [4.69, 9.17) is 4.42 Å². The van der Waals surface area contributed by atoms with E-state index in [1.165, 1.54) is 6.07 Å². The van der Waals surface area contributed by atoms with Crippen LogP contribution in [0.1, 0.15) is 16.1 Å². The molecular weight excluding hydrogens is 275 g/mol. The summed E-state index contributed by atoms with van der Waals surface area (Å²) < 4.78 is 40.7. The first-order valence-electron chi connectivity index (χ1n) is 5.66. The van der Waals surface area contributed by atoms with Crippen LogP contribution in [0.2, 0.25) is 0 Å². The molecule has 0 unspecified atom stereocenters. The predicted octanol–water partition coefficient (Wildman–Crippen LogP) is 2.39. The number of aryl methyl sites for hydroxylation is 1. The van der Waals surface area contributed by atoms with Crippen molar-refractivity contribution in [2.24, 2.45) is 0 Å². The summed E-state index contributed by atoms with van der Waals surface area (Å²) in [6.45, 7) is 0.296. The van der Waals surface area contributed by atoms with E-state index in [0.717, 1.165) is 5.56 Å². The highest BCUT2D eigenvalue weighted by molar-refractivity contribution is 5.95. The Labute approximate surface area is 111 Å². The molecule has 0 aliphatic rings. The van der Waals surface area contributed by atoms with Crippen LogP contribution < -0.4 is 10.9 Å². The lowest BCUT2D eigenvalue weighted by Crippen LogP contribution is -2.34. The van der Waals surface area contributed by atoms with Crippen LogP contribution in [0.25, 0.3) is 10.8 Å². The van der Waals surface area contributed by atoms with Gasteiger partial charge < -0.3 is 9.73 Å². The Morgan fingerprint density at radius 3 is 2.65 bits per heavy atom. The van der Waals surface area contributed by atoms with Crippen molar-refractivity contribution in [3.63, 3.8) is 0 Å². The highest BCUT2D eigenvalue weighted by Gasteiger charge is 2.28. The van der Waals surface area contributed by atoms with Gasteiger partial charge in [-0.1, -0.05) is 17.7 Å². The third-order valence-corrected chi connectivity index (χ3v) is 2.59. The Balaban J connectivity index is 2.34. The predicted molar refractivity (Wildman–Crippen MR) is 65.6 cm³/mol. The van der Waals surface area contributed by atoms with E-state index in [-0.39, 0.29) is 5.39 Å². The highest BCUT2D eigenvalue weighted by Crippen LogP contribution is 2.15. The summed E-state index contributed by atoms with van der Waals surface area (Å²) in [7, 11) is 0. The van der Waals surface area contributed by atoms with Crippen molar-refractivity contribution >= 4 is 16.7 Å². The van der Waals surface area contributed by atoms with E-state index in [2.05, 4.69) is 0 Å². The Morgan fingerprint density at radius 1 is 1.30 bits per heavy atom. The Kier molecular flexibility index (Phi) is 3.52. The van der Waals surface area contributed by atoms with Crippen LogP contribution in [0, 0.1) is 6.92 Å². The second kappa shape index (κ2) is 4.99. The summed E-state index contributed by atoms with van der Waals surface area (Å²) >= 11 is 0. The number of fused-ring (bicyclic) bond motifs is 1. The van der Waals surface area contributed by atoms with Crippen molar-refractivity contribution in [3.8, 4) is 0 Å². The number of rotatable bonds is 2. The molecule has 2 rings (SSSR count). The molecule has 7 heteroatoms. The third-order valence-electron chi connectivity index (χ3n) is 2.59. The topological polar surface area (TPSA) is 59.3 Å². The number of halogens is 3. The van der Waals surface area contributed by atoms with Crippen LogP contribution in [0.4, 0.5) is 13.2 Å². The van der Waals surface area contributed by atoms with Gasteiger partial charge in [0.05, 0.1) is 5.39 Å². The minimum atomic E-state index is -4.52. The van der Waals surface area contributed by atoms with E-state index in [1.807, 2.05) is 0 Å². The van der Waals surface area contributed by atoms with Gasteiger partial charge in [0.1, 0.15) is 6.54 Å². The lowest BCUT2D eigenvalue weighted by atomic mass is 10.1. The molecule has 1 N–H and O–H groups in total. The van der Waals surface area contributed by atoms with Crippen LogP contribution in [-0.2, 0) is 0 Å². The second-order valence-electron chi connectivity index (χ2n) is 4.29. The van der Waals surface area contributed by atoms with Crippen molar-refractivity contribution < 1.29 is 22.4 Å². The van der Waals surface area contributed by atoms with Gasteiger partial charge in [-0.3, -0.25) is 4.79 Å². The molecule has 0 spiro atoms. The van der Waals surface area contributed by atoms with E-state index >= 15 is 0 Å². The fourth-order valence-corrected chi connectivity index (χ4v) is 1.68. The first-order chi connectivity index (χ1) is 9.26. The summed E-state index contributed by atoms with van der Waals surface area (Å²) in [6.07, 6.45) is -4.52. The van der Waals surface area contributed by atoms with Crippen LogP contribution >= 0.6 is 0 Å². The van der Waals surface area contributed by atoms with Crippen molar-refractivity contribution in [1.29, 1.82) is 0 Å². The van der Waals surface area contributed by atoms with Crippen LogP contribution in [0.5, 0.6) is 0 Å². The fourth-order valence-electron chi connectivity index (χ4n) is 1.68. The molecule has 2 aromatic rings. The van der Waals surface area contributed by atoms with Gasteiger partial charge in [0, 0.05) is 0 Å². The molecule has 0 radical (unpaired) electrons. The van der Waals surface area contributed by atoms with Crippen molar-refractivity contribution in [3.05, 3.63) is 46.0 Å². The van der Waals surface area contributed by atoms with Crippen LogP contribution in [0.15, 0.2) is 33.5 Å². The maximum absolute atomic E-state index is 12.0. The van der Waals surface area contributed by atoms with Gasteiger partial charge in [0.15, 0.2) is 5.76 Å². The molecule has 4 nitrogen and oxygen atoms in total. The van der Waals surface area contributed by atoms with Gasteiger partial charge in [-0.2, -0.15) is 13.2 Å². The lowest BCUT2D eigenvalue weighted by Gasteiger charge is -2.08. The largest absolute Gasteiger partial charge is 0.417 e. The number of hydrogen-bond acceptors (Lipinski definition) is 3. The van der Waals surface area contributed by atoms with E-state index in [0.29, 0.717) is 5.39 Å². The van der Waals surface area contributed by atoms with Gasteiger partial charge in [0.25, 0.3) is 5.91 Å². The lowest BCUT2D eigenvalue weighted by molar-refractivity contribution is -0.123. The number of hydrogen-bond donors (Lipinski definition) is 1. The normalized spacial score (nSPS) is 11.6. The number of alkyl halides is 3. The Hall–Kier alpha value is -2.31. The number of benzene rings is 1. The molecule has 0 saturated carbocycles. The standard InChI is InChI=1S/C13H10F3NO3/c1-7-2-3-8-5-10(20-12(19)9(8)4-7)11(18)17-6-13(14,15)16/h2-5H,6H2,1H3,(H,17,18). The molecule has 1 amide bonds. The van der Waals surface area contributed by atoms with Crippen LogP contribution in [0.3, 0.4) is 0 Å². The SMILES string of the molecule is Cc1ccc2cc(C(=O)NCC(F)(F)F)oc(=O)c2c1. The number of carbonyl (C=O) groups excluding carboxylic acids is 1. The average Bonchev–Trinajstić information content (AvgIpc) is 2.35. The first kappa shape index (κ1) is 14.1. The zero-order valence-electron chi connectivity index (χ0n) is 10.4. The smallest absolute Gasteiger partial charge is 0.405 e. The first-order valence-corrected chi connectivity index (χ1v) is 5.66. The second-order valence-corrected chi connectivity index (χ2v) is 4.29. The monoisotopic (exact) mass is 285 g/mol. The Bertz CT molecular complexity index is 719. The van der Waals surface area contributed by atoms with Crippen LogP contribution in [-0.4, -0.2) is 18.6 Å². The summed E-state index contributed by atoms with van der Waals surface area (Å²) in [5.74, 6) is -1.53. The summed E-state index contributed by atoms with van der Waals surface area (Å²) in [6, 6.07) is 6.14. The van der Waals surface area contributed by atoms with Gasteiger partial charge in [-0.25, -0.2) is 4.79 Å². The molecule has 0 fully saturated rings. The molecule has 0 aliphatic heterocycles. The molecule has 106 valence electrons. The van der Waals surface area contributed by atoms with E-state index < -0.39 is 30.0 Å². The van der Waals surface area contributed by atoms with Gasteiger partial charge in [-0.15, -0.1) is 0 Å². The van der Waals surface area contributed by atoms with Gasteiger partial charge in [-0.05, 0) is 24.4 Å². The van der Waals surface area contributed by atoms with Gasteiger partial charge >= 0.3 is 11.8 Å². The minimum absolute atomic E-state index is 0.275. The van der Waals surface area contributed by atoms with Crippen molar-refractivity contribution in [1.82, 2.24) is 5.32 Å². The molecule has 20 heavy (non-hydrogen) atoms. The molecular formula is C13H10F3NO3. The molecule has 1 aromatic carbocycles. The van der Waals surface area contributed by atoms with Gasteiger partial charge in [0.2, 0.25) is 0 Å². The molecule has 1 aromatic heterocycles. The molecule has 0 saturated heterocycles. The fraction of sp³-hybridized carbons (Fsp3) is 0.231. The minimum Gasteiger partial charge on any atom is -0.417 e. The number of carbonyl (C=O) groups is 1. The number of nitrogens with one attached hydrogen (secondary N) is 1. The summed E-state index contributed by atoms with van der Waals surface area (Å²) in [4.78, 5) is 23.2. The maximum Gasteiger partial charge on any atom is 0.405 e. The summed E-state index contributed by atoms with van der Waals surface area (Å²) in [5.41, 5.74) is 0.0717. The third kappa shape index (κ3) is 3.17. The zero-order chi connectivity index (χ0) is 14.9.